The number of amides is 1. The lowest BCUT2D eigenvalue weighted by atomic mass is 9.97. The zero-order chi connectivity index (χ0) is 16.5. The van der Waals surface area contributed by atoms with E-state index in [-0.39, 0.29) is 5.91 Å². The van der Waals surface area contributed by atoms with E-state index in [9.17, 15) is 4.79 Å². The first-order valence-electron chi connectivity index (χ1n) is 8.50. The number of thiazole rings is 1. The smallest absolute Gasteiger partial charge is 0.273 e. The minimum absolute atomic E-state index is 0.0221. The maximum absolute atomic E-state index is 12.5. The van der Waals surface area contributed by atoms with Crippen LogP contribution in [0.5, 0.6) is 0 Å². The molecular weight excluding hydrogens is 324 g/mol. The molecule has 0 N–H and O–H groups in total. The van der Waals surface area contributed by atoms with Crippen LogP contribution in [0, 0.1) is 0 Å². The first-order valence-corrected chi connectivity index (χ1v) is 9.44. The van der Waals surface area contributed by atoms with Gasteiger partial charge in [0.1, 0.15) is 17.3 Å². The lowest BCUT2D eigenvalue weighted by Crippen LogP contribution is -2.34. The van der Waals surface area contributed by atoms with Gasteiger partial charge in [-0.2, -0.15) is 0 Å². The van der Waals surface area contributed by atoms with E-state index in [1.54, 1.807) is 5.51 Å². The molecule has 0 radical (unpaired) electrons. The van der Waals surface area contributed by atoms with Crippen molar-refractivity contribution >= 4 is 17.2 Å². The van der Waals surface area contributed by atoms with Crippen molar-refractivity contribution in [2.45, 2.75) is 31.7 Å². The Labute approximate surface area is 145 Å². The average molecular weight is 346 g/mol. The maximum Gasteiger partial charge on any atom is 0.273 e. The molecule has 2 aliphatic rings. The number of hydrogen-bond acceptors (Lipinski definition) is 6. The molecule has 2 aromatic heterocycles. The largest absolute Gasteiger partial charge is 0.335 e. The van der Waals surface area contributed by atoms with E-state index in [0.717, 1.165) is 37.7 Å². The van der Waals surface area contributed by atoms with Crippen LogP contribution in [0.4, 0.5) is 0 Å². The normalized spacial score (nSPS) is 22.2. The summed E-state index contributed by atoms with van der Waals surface area (Å²) < 4.78 is 2.25. The van der Waals surface area contributed by atoms with Crippen LogP contribution in [0.2, 0.25) is 0 Å². The maximum atomic E-state index is 12.5. The van der Waals surface area contributed by atoms with Gasteiger partial charge in [-0.05, 0) is 26.4 Å². The van der Waals surface area contributed by atoms with Gasteiger partial charge in [-0.15, -0.1) is 21.5 Å². The Morgan fingerprint density at radius 3 is 2.96 bits per heavy atom. The third kappa shape index (κ3) is 2.95. The average Bonchev–Trinajstić information content (AvgIpc) is 3.21. The quantitative estimate of drug-likeness (QED) is 0.818. The molecule has 7 nitrogen and oxygen atoms in total. The van der Waals surface area contributed by atoms with Gasteiger partial charge < -0.3 is 14.4 Å². The fraction of sp³-hybridized carbons (Fsp3) is 0.625. The van der Waals surface area contributed by atoms with Gasteiger partial charge in [-0.25, -0.2) is 4.98 Å². The molecule has 4 heterocycles. The van der Waals surface area contributed by atoms with Crippen LogP contribution in [-0.2, 0) is 13.0 Å². The monoisotopic (exact) mass is 346 g/mol. The third-order valence-electron chi connectivity index (χ3n) is 4.98. The SMILES string of the molecule is CN1CCC[C@@H](c2nnc3n2CCN(C(=O)c2cscn2)CC3)C1. The van der Waals surface area contributed by atoms with Crippen LogP contribution in [0.1, 0.15) is 40.9 Å². The molecule has 1 atom stereocenters. The van der Waals surface area contributed by atoms with E-state index >= 15 is 0 Å². The molecule has 0 aromatic carbocycles. The van der Waals surface area contributed by atoms with Crippen LogP contribution in [0.3, 0.4) is 0 Å². The Morgan fingerprint density at radius 1 is 1.25 bits per heavy atom. The van der Waals surface area contributed by atoms with E-state index in [0.29, 0.717) is 24.7 Å². The molecule has 0 unspecified atom stereocenters. The molecule has 24 heavy (non-hydrogen) atoms. The van der Waals surface area contributed by atoms with Gasteiger partial charge in [0, 0.05) is 43.9 Å². The molecule has 128 valence electrons. The van der Waals surface area contributed by atoms with Crippen LogP contribution < -0.4 is 0 Å². The molecule has 2 aliphatic heterocycles. The number of carbonyl (C=O) groups is 1. The number of likely N-dealkylation sites (tertiary alicyclic amines) is 1. The lowest BCUT2D eigenvalue weighted by Gasteiger charge is -2.29. The summed E-state index contributed by atoms with van der Waals surface area (Å²) in [6.45, 7) is 4.34. The topological polar surface area (TPSA) is 67.2 Å². The van der Waals surface area contributed by atoms with Gasteiger partial charge in [0.05, 0.1) is 5.51 Å². The standard InChI is InChI=1S/C16H22N6OS/c1-20-5-2-3-12(9-20)15-19-18-14-4-6-21(7-8-22(14)15)16(23)13-10-24-11-17-13/h10-12H,2-9H2,1H3/t12-/m1/s1. The summed E-state index contributed by atoms with van der Waals surface area (Å²) in [7, 11) is 2.17. The summed E-state index contributed by atoms with van der Waals surface area (Å²) >= 11 is 1.46. The Morgan fingerprint density at radius 2 is 2.17 bits per heavy atom. The highest BCUT2D eigenvalue weighted by atomic mass is 32.1. The Balaban J connectivity index is 1.50. The Hall–Kier alpha value is -1.80. The highest BCUT2D eigenvalue weighted by Crippen LogP contribution is 2.26. The summed E-state index contributed by atoms with van der Waals surface area (Å²) in [5, 5.41) is 10.7. The number of rotatable bonds is 2. The van der Waals surface area contributed by atoms with E-state index < -0.39 is 0 Å². The number of carbonyl (C=O) groups excluding carboxylic acids is 1. The minimum atomic E-state index is 0.0221. The van der Waals surface area contributed by atoms with Gasteiger partial charge in [-0.1, -0.05) is 0 Å². The fourth-order valence-electron chi connectivity index (χ4n) is 3.71. The van der Waals surface area contributed by atoms with E-state index in [1.165, 1.54) is 24.2 Å². The summed E-state index contributed by atoms with van der Waals surface area (Å²) in [6.07, 6.45) is 3.13. The second-order valence-corrected chi connectivity index (χ2v) is 7.36. The molecular formula is C16H22N6OS. The van der Waals surface area contributed by atoms with Gasteiger partial charge >= 0.3 is 0 Å². The molecule has 0 saturated carbocycles. The predicted molar refractivity (Wildman–Crippen MR) is 91.2 cm³/mol. The summed E-state index contributed by atoms with van der Waals surface area (Å²) in [5.74, 6) is 2.58. The van der Waals surface area contributed by atoms with Gasteiger partial charge in [0.15, 0.2) is 0 Å². The van der Waals surface area contributed by atoms with Crippen molar-refractivity contribution in [2.75, 3.05) is 33.2 Å². The number of hydrogen-bond donors (Lipinski definition) is 0. The van der Waals surface area contributed by atoms with Crippen LogP contribution in [0.25, 0.3) is 0 Å². The van der Waals surface area contributed by atoms with Crippen molar-refractivity contribution in [1.29, 1.82) is 0 Å². The van der Waals surface area contributed by atoms with Crippen LogP contribution in [-0.4, -0.2) is 68.7 Å². The molecule has 1 amide bonds. The van der Waals surface area contributed by atoms with Gasteiger partial charge in [0.25, 0.3) is 5.91 Å². The van der Waals surface area contributed by atoms with Crippen molar-refractivity contribution < 1.29 is 4.79 Å². The predicted octanol–water partition coefficient (Wildman–Crippen LogP) is 1.24. The molecule has 4 rings (SSSR count). The fourth-order valence-corrected chi connectivity index (χ4v) is 4.23. The summed E-state index contributed by atoms with van der Waals surface area (Å²) in [5.41, 5.74) is 2.25. The second kappa shape index (κ2) is 6.60. The number of fused-ring (bicyclic) bond motifs is 1. The molecule has 2 aromatic rings. The molecule has 0 bridgehead atoms. The highest BCUT2D eigenvalue weighted by molar-refractivity contribution is 7.07. The van der Waals surface area contributed by atoms with E-state index in [4.69, 9.17) is 0 Å². The molecule has 8 heteroatoms. The second-order valence-electron chi connectivity index (χ2n) is 6.64. The lowest BCUT2D eigenvalue weighted by molar-refractivity contribution is 0.0753. The van der Waals surface area contributed by atoms with Crippen molar-refractivity contribution in [2.24, 2.45) is 0 Å². The van der Waals surface area contributed by atoms with Crippen LogP contribution in [0.15, 0.2) is 10.9 Å². The number of likely N-dealkylation sites (N-methyl/N-ethyl adjacent to an activating group) is 1. The molecule has 1 saturated heterocycles. The number of nitrogens with zero attached hydrogens (tertiary/aromatic N) is 6. The molecule has 0 spiro atoms. The summed E-state index contributed by atoms with van der Waals surface area (Å²) in [6, 6.07) is 0. The summed E-state index contributed by atoms with van der Waals surface area (Å²) in [4.78, 5) is 20.9. The first-order chi connectivity index (χ1) is 11.7. The third-order valence-corrected chi connectivity index (χ3v) is 5.57. The van der Waals surface area contributed by atoms with Crippen molar-refractivity contribution in [3.8, 4) is 0 Å². The number of aromatic nitrogens is 4. The van der Waals surface area contributed by atoms with Gasteiger partial charge in [0.2, 0.25) is 0 Å². The van der Waals surface area contributed by atoms with Crippen molar-refractivity contribution in [1.82, 2.24) is 29.5 Å². The zero-order valence-corrected chi connectivity index (χ0v) is 14.7. The Bertz CT molecular complexity index is 712. The molecule has 0 aliphatic carbocycles. The Kier molecular flexibility index (Phi) is 4.32. The van der Waals surface area contributed by atoms with E-state index in [1.807, 2.05) is 10.3 Å². The van der Waals surface area contributed by atoms with E-state index in [2.05, 4.69) is 31.7 Å². The van der Waals surface area contributed by atoms with Crippen molar-refractivity contribution in [3.63, 3.8) is 0 Å². The van der Waals surface area contributed by atoms with Crippen LogP contribution >= 0.6 is 11.3 Å². The molecule has 1 fully saturated rings. The first kappa shape index (κ1) is 15.7. The highest BCUT2D eigenvalue weighted by Gasteiger charge is 2.28. The zero-order valence-electron chi connectivity index (χ0n) is 13.9. The van der Waals surface area contributed by atoms with Gasteiger partial charge in [-0.3, -0.25) is 4.79 Å². The minimum Gasteiger partial charge on any atom is -0.335 e. The van der Waals surface area contributed by atoms with Crippen molar-refractivity contribution in [3.05, 3.63) is 28.2 Å². The number of piperidine rings is 1.